The zero-order valence-corrected chi connectivity index (χ0v) is 21.9. The molecule has 2 nitrogen and oxygen atoms in total. The molecule has 1 aliphatic heterocycles. The predicted octanol–water partition coefficient (Wildman–Crippen LogP) is 7.39. The van der Waals surface area contributed by atoms with Gasteiger partial charge in [-0.2, -0.15) is 0 Å². The molecule has 0 spiro atoms. The Morgan fingerprint density at radius 2 is 1.18 bits per heavy atom. The Hall–Kier alpha value is -0.0800. The summed E-state index contributed by atoms with van der Waals surface area (Å²) in [6.45, 7) is 7.68. The van der Waals surface area contributed by atoms with Gasteiger partial charge in [-0.1, -0.05) is 39.5 Å². The van der Waals surface area contributed by atoms with Gasteiger partial charge in [0.1, 0.15) is 0 Å². The Balaban J connectivity index is 1.31. The van der Waals surface area contributed by atoms with Crippen molar-refractivity contribution in [3.8, 4) is 0 Å². The summed E-state index contributed by atoms with van der Waals surface area (Å²) in [7, 11) is 0. The molecular formula is C31H51NO. The Kier molecular flexibility index (Phi) is 4.57. The molecule has 0 aromatic carbocycles. The van der Waals surface area contributed by atoms with E-state index in [9.17, 15) is 5.11 Å². The fraction of sp³-hybridized carbons (Fsp3) is 1.00. The topological polar surface area (TPSA) is 32.3 Å². The van der Waals surface area contributed by atoms with E-state index in [0.29, 0.717) is 27.1 Å². The van der Waals surface area contributed by atoms with Gasteiger partial charge in [-0.05, 0) is 142 Å². The maximum atomic E-state index is 11.7. The molecule has 1 heterocycles. The van der Waals surface area contributed by atoms with Crippen molar-refractivity contribution >= 4 is 0 Å². The molecular weight excluding hydrogens is 402 g/mol. The van der Waals surface area contributed by atoms with Gasteiger partial charge in [0.15, 0.2) is 0 Å². The molecule has 186 valence electrons. The zero-order chi connectivity index (χ0) is 22.6. The Morgan fingerprint density at radius 1 is 0.667 bits per heavy atom. The quantitative estimate of drug-likeness (QED) is 0.421. The molecule has 2 atom stereocenters. The van der Waals surface area contributed by atoms with Crippen molar-refractivity contribution in [1.29, 1.82) is 0 Å². The molecule has 0 bridgehead atoms. The monoisotopic (exact) mass is 453 g/mol. The van der Waals surface area contributed by atoms with Crippen LogP contribution in [0.4, 0.5) is 0 Å². The SMILES string of the molecule is CCC1(C2(O)CCC2)CC1C1(C2(C3(C4(C5(C)CCNCC5)CCC4)CCC3)CCC2)CCC1. The summed E-state index contributed by atoms with van der Waals surface area (Å²) in [4.78, 5) is 0. The lowest BCUT2D eigenvalue weighted by molar-refractivity contribution is -0.319. The molecule has 7 aliphatic rings. The van der Waals surface area contributed by atoms with Crippen LogP contribution in [0.3, 0.4) is 0 Å². The van der Waals surface area contributed by atoms with Gasteiger partial charge >= 0.3 is 0 Å². The van der Waals surface area contributed by atoms with E-state index in [4.69, 9.17) is 0 Å². The molecule has 7 fully saturated rings. The minimum Gasteiger partial charge on any atom is -0.389 e. The predicted molar refractivity (Wildman–Crippen MR) is 135 cm³/mol. The third-order valence-corrected chi connectivity index (χ3v) is 15.0. The second-order valence-corrected chi connectivity index (χ2v) is 14.8. The Bertz CT molecular complexity index is 788. The lowest BCUT2D eigenvalue weighted by atomic mass is 9.24. The summed E-state index contributed by atoms with van der Waals surface area (Å²) in [5.74, 6) is 0.838. The molecule has 1 saturated heterocycles. The fourth-order valence-corrected chi connectivity index (χ4v) is 12.6. The second-order valence-electron chi connectivity index (χ2n) is 14.8. The van der Waals surface area contributed by atoms with Gasteiger partial charge in [0.25, 0.3) is 0 Å². The first-order valence-corrected chi connectivity index (χ1v) is 15.3. The smallest absolute Gasteiger partial charge is 0.0706 e. The van der Waals surface area contributed by atoms with Crippen LogP contribution in [0.15, 0.2) is 0 Å². The highest BCUT2D eigenvalue weighted by Crippen LogP contribution is 2.89. The van der Waals surface area contributed by atoms with Gasteiger partial charge in [-0.3, -0.25) is 0 Å². The summed E-state index contributed by atoms with van der Waals surface area (Å²) in [5, 5.41) is 15.5. The highest BCUT2D eigenvalue weighted by molar-refractivity contribution is 5.31. The van der Waals surface area contributed by atoms with E-state index >= 15 is 0 Å². The Labute approximate surface area is 203 Å². The number of hydrogen-bond donors (Lipinski definition) is 2. The standard InChI is InChI=1S/C31H51NO/c1-3-26(31(33)17-8-18-31)23-24(26)27(9-4-10-27)29(13-6-14-29)30(15-7-16-30)28(11-5-12-28)25(2)19-21-32-22-20-25/h24,32-33H,3-23H2,1-2H3. The van der Waals surface area contributed by atoms with E-state index < -0.39 is 0 Å². The number of piperidine rings is 1. The molecule has 33 heavy (non-hydrogen) atoms. The highest BCUT2D eigenvalue weighted by Gasteiger charge is 2.82. The molecule has 7 rings (SSSR count). The zero-order valence-electron chi connectivity index (χ0n) is 21.9. The van der Waals surface area contributed by atoms with E-state index in [2.05, 4.69) is 19.2 Å². The Morgan fingerprint density at radius 3 is 1.55 bits per heavy atom. The average Bonchev–Trinajstić information content (AvgIpc) is 3.39. The van der Waals surface area contributed by atoms with Crippen molar-refractivity contribution in [1.82, 2.24) is 5.32 Å². The van der Waals surface area contributed by atoms with Crippen LogP contribution in [-0.4, -0.2) is 23.8 Å². The molecule has 0 aromatic heterocycles. The highest BCUT2D eigenvalue weighted by atomic mass is 16.3. The van der Waals surface area contributed by atoms with Crippen molar-refractivity contribution in [3.63, 3.8) is 0 Å². The number of rotatable bonds is 7. The van der Waals surface area contributed by atoms with Crippen molar-refractivity contribution in [2.75, 3.05) is 13.1 Å². The minimum absolute atomic E-state index is 0.282. The lowest BCUT2D eigenvalue weighted by Gasteiger charge is -2.81. The number of nitrogens with one attached hydrogen (secondary N) is 1. The van der Waals surface area contributed by atoms with Crippen LogP contribution < -0.4 is 5.32 Å². The van der Waals surface area contributed by atoms with Crippen molar-refractivity contribution < 1.29 is 5.11 Å². The molecule has 6 saturated carbocycles. The third kappa shape index (κ3) is 2.24. The van der Waals surface area contributed by atoms with Crippen LogP contribution in [0, 0.1) is 38.4 Å². The van der Waals surface area contributed by atoms with Crippen molar-refractivity contribution in [3.05, 3.63) is 0 Å². The van der Waals surface area contributed by atoms with Crippen LogP contribution in [0.2, 0.25) is 0 Å². The summed E-state index contributed by atoms with van der Waals surface area (Å²) in [6, 6.07) is 0. The molecule has 2 heteroatoms. The van der Waals surface area contributed by atoms with Gasteiger partial charge in [-0.25, -0.2) is 0 Å². The van der Waals surface area contributed by atoms with Crippen LogP contribution in [0.5, 0.6) is 0 Å². The second kappa shape index (κ2) is 6.81. The van der Waals surface area contributed by atoms with Gasteiger partial charge in [0.2, 0.25) is 0 Å². The lowest BCUT2D eigenvalue weighted by Crippen LogP contribution is -2.73. The van der Waals surface area contributed by atoms with E-state index in [1.54, 1.807) is 12.8 Å². The van der Waals surface area contributed by atoms with Crippen LogP contribution in [-0.2, 0) is 0 Å². The first-order chi connectivity index (χ1) is 15.9. The summed E-state index contributed by atoms with van der Waals surface area (Å²) in [6.07, 6.45) is 27.1. The molecule has 2 unspecified atom stereocenters. The maximum absolute atomic E-state index is 11.7. The van der Waals surface area contributed by atoms with E-state index in [1.807, 2.05) is 0 Å². The van der Waals surface area contributed by atoms with Crippen molar-refractivity contribution in [2.24, 2.45) is 38.4 Å². The molecule has 0 radical (unpaired) electrons. The van der Waals surface area contributed by atoms with Gasteiger partial charge in [0.05, 0.1) is 5.60 Å². The largest absolute Gasteiger partial charge is 0.389 e. The van der Waals surface area contributed by atoms with Crippen LogP contribution in [0.25, 0.3) is 0 Å². The third-order valence-electron chi connectivity index (χ3n) is 15.0. The summed E-state index contributed by atoms with van der Waals surface area (Å²) in [5.41, 5.74) is 2.99. The summed E-state index contributed by atoms with van der Waals surface area (Å²) >= 11 is 0. The first kappa shape index (κ1) is 22.1. The first-order valence-electron chi connectivity index (χ1n) is 15.3. The number of hydrogen-bond acceptors (Lipinski definition) is 2. The molecule has 0 aromatic rings. The van der Waals surface area contributed by atoms with E-state index in [0.717, 1.165) is 18.8 Å². The van der Waals surface area contributed by atoms with Gasteiger partial charge in [-0.15, -0.1) is 0 Å². The molecule has 6 aliphatic carbocycles. The summed E-state index contributed by atoms with van der Waals surface area (Å²) < 4.78 is 0. The maximum Gasteiger partial charge on any atom is 0.0706 e. The molecule has 2 N–H and O–H groups in total. The van der Waals surface area contributed by atoms with Gasteiger partial charge in [0, 0.05) is 5.41 Å². The van der Waals surface area contributed by atoms with E-state index in [-0.39, 0.29) is 11.0 Å². The molecule has 0 amide bonds. The normalized spacial score (nSPS) is 42.5. The van der Waals surface area contributed by atoms with Crippen molar-refractivity contribution in [2.45, 2.75) is 141 Å². The minimum atomic E-state index is -0.304. The van der Waals surface area contributed by atoms with Crippen LogP contribution in [0.1, 0.15) is 136 Å². The van der Waals surface area contributed by atoms with E-state index in [1.165, 1.54) is 109 Å². The fourth-order valence-electron chi connectivity index (χ4n) is 12.6. The van der Waals surface area contributed by atoms with Crippen LogP contribution >= 0.6 is 0 Å². The number of aliphatic hydroxyl groups is 1. The average molecular weight is 454 g/mol. The van der Waals surface area contributed by atoms with Gasteiger partial charge < -0.3 is 10.4 Å².